The summed E-state index contributed by atoms with van der Waals surface area (Å²) in [4.78, 5) is 24.4. The van der Waals surface area contributed by atoms with Crippen molar-refractivity contribution in [2.24, 2.45) is 5.92 Å². The summed E-state index contributed by atoms with van der Waals surface area (Å²) >= 11 is 1.34. The van der Waals surface area contributed by atoms with Crippen LogP contribution >= 0.6 is 11.3 Å². The van der Waals surface area contributed by atoms with Gasteiger partial charge in [-0.15, -0.1) is 11.3 Å². The molecule has 0 saturated heterocycles. The first-order valence-corrected chi connectivity index (χ1v) is 8.27. The van der Waals surface area contributed by atoms with Crippen molar-refractivity contribution in [3.63, 3.8) is 0 Å². The maximum Gasteiger partial charge on any atom is 0.261 e. The zero-order chi connectivity index (χ0) is 15.1. The van der Waals surface area contributed by atoms with Crippen LogP contribution in [0.4, 0.5) is 0 Å². The van der Waals surface area contributed by atoms with Crippen molar-refractivity contribution in [2.75, 3.05) is 20.2 Å². The molecule has 1 fully saturated rings. The van der Waals surface area contributed by atoms with Crippen molar-refractivity contribution in [1.82, 2.24) is 10.6 Å². The Bertz CT molecular complexity index is 481. The Morgan fingerprint density at radius 3 is 2.62 bits per heavy atom. The highest BCUT2D eigenvalue weighted by Gasteiger charge is 2.20. The van der Waals surface area contributed by atoms with E-state index >= 15 is 0 Å². The van der Waals surface area contributed by atoms with Crippen LogP contribution in [0.5, 0.6) is 5.75 Å². The summed E-state index contributed by atoms with van der Waals surface area (Å²) in [6, 6.07) is 1.71. The first-order chi connectivity index (χ1) is 10.2. The minimum Gasteiger partial charge on any atom is -0.496 e. The highest BCUT2D eigenvalue weighted by molar-refractivity contribution is 7.12. The molecule has 1 aromatic heterocycles. The van der Waals surface area contributed by atoms with E-state index in [1.165, 1.54) is 17.8 Å². The number of carbonyl (C=O) groups is 2. The maximum absolute atomic E-state index is 11.9. The van der Waals surface area contributed by atoms with Crippen LogP contribution in [0.25, 0.3) is 0 Å². The van der Waals surface area contributed by atoms with Crippen molar-refractivity contribution in [1.29, 1.82) is 0 Å². The summed E-state index contributed by atoms with van der Waals surface area (Å²) in [6.45, 7) is 0.918. The molecule has 2 N–H and O–H groups in total. The summed E-state index contributed by atoms with van der Waals surface area (Å²) in [5.74, 6) is 0.851. The molecule has 116 valence electrons. The number of methoxy groups -OCH3 is 1. The van der Waals surface area contributed by atoms with E-state index in [2.05, 4.69) is 10.6 Å². The van der Waals surface area contributed by atoms with E-state index in [9.17, 15) is 9.59 Å². The molecule has 0 spiro atoms. The molecule has 1 aliphatic carbocycles. The summed E-state index contributed by atoms with van der Waals surface area (Å²) in [7, 11) is 1.57. The first-order valence-electron chi connectivity index (χ1n) is 7.39. The number of thiophene rings is 1. The van der Waals surface area contributed by atoms with Crippen LogP contribution in [0.15, 0.2) is 11.4 Å². The van der Waals surface area contributed by atoms with Gasteiger partial charge in [-0.1, -0.05) is 19.3 Å². The molecule has 21 heavy (non-hydrogen) atoms. The van der Waals surface area contributed by atoms with Gasteiger partial charge in [0, 0.05) is 30.5 Å². The third-order valence-electron chi connectivity index (χ3n) is 3.72. The second-order valence-corrected chi connectivity index (χ2v) is 6.14. The van der Waals surface area contributed by atoms with Crippen LogP contribution in [-0.2, 0) is 4.79 Å². The summed E-state index contributed by atoms with van der Waals surface area (Å²) in [5.41, 5.74) is 0. The van der Waals surface area contributed by atoms with Gasteiger partial charge in [0.05, 0.1) is 12.0 Å². The lowest BCUT2D eigenvalue weighted by atomic mass is 9.89. The molecule has 2 rings (SSSR count). The van der Waals surface area contributed by atoms with Gasteiger partial charge in [-0.2, -0.15) is 0 Å². The third kappa shape index (κ3) is 4.74. The normalized spacial score (nSPS) is 15.5. The van der Waals surface area contributed by atoms with Gasteiger partial charge < -0.3 is 15.4 Å². The fraction of sp³-hybridized carbons (Fsp3) is 0.600. The third-order valence-corrected chi connectivity index (χ3v) is 4.63. The van der Waals surface area contributed by atoms with Crippen molar-refractivity contribution in [2.45, 2.75) is 32.1 Å². The van der Waals surface area contributed by atoms with Gasteiger partial charge in [0.1, 0.15) is 5.75 Å². The topological polar surface area (TPSA) is 67.4 Å². The summed E-state index contributed by atoms with van der Waals surface area (Å²) < 4.78 is 5.04. The predicted octanol–water partition coefficient (Wildman–Crippen LogP) is 2.18. The Labute approximate surface area is 129 Å². The molecule has 0 aliphatic heterocycles. The van der Waals surface area contributed by atoms with Gasteiger partial charge in [-0.25, -0.2) is 0 Å². The van der Waals surface area contributed by atoms with E-state index in [0.29, 0.717) is 23.7 Å². The lowest BCUT2D eigenvalue weighted by molar-refractivity contribution is -0.125. The number of carbonyl (C=O) groups excluding carboxylic acids is 2. The molecule has 1 saturated carbocycles. The highest BCUT2D eigenvalue weighted by atomic mass is 32.1. The fourth-order valence-electron chi connectivity index (χ4n) is 2.50. The van der Waals surface area contributed by atoms with Gasteiger partial charge in [0.15, 0.2) is 0 Å². The van der Waals surface area contributed by atoms with E-state index in [1.54, 1.807) is 18.6 Å². The molecule has 0 bridgehead atoms. The SMILES string of the molecule is COc1csc(C(=O)NCCNC(=O)C2CCCCC2)c1. The molecule has 1 aliphatic rings. The van der Waals surface area contributed by atoms with Crippen LogP contribution in [0.1, 0.15) is 41.8 Å². The maximum atomic E-state index is 11.9. The zero-order valence-corrected chi connectivity index (χ0v) is 13.1. The van der Waals surface area contributed by atoms with Crippen molar-refractivity contribution < 1.29 is 14.3 Å². The molecule has 0 aromatic carbocycles. The first kappa shape index (κ1) is 15.8. The predicted molar refractivity (Wildman–Crippen MR) is 82.8 cm³/mol. The van der Waals surface area contributed by atoms with Crippen LogP contribution in [0.3, 0.4) is 0 Å². The highest BCUT2D eigenvalue weighted by Crippen LogP contribution is 2.23. The zero-order valence-electron chi connectivity index (χ0n) is 12.3. The second-order valence-electron chi connectivity index (χ2n) is 5.23. The largest absolute Gasteiger partial charge is 0.496 e. The van der Waals surface area contributed by atoms with Crippen molar-refractivity contribution >= 4 is 23.2 Å². The number of amides is 2. The molecule has 1 aromatic rings. The molecule has 1 heterocycles. The molecular weight excluding hydrogens is 288 g/mol. The van der Waals surface area contributed by atoms with Crippen molar-refractivity contribution in [3.8, 4) is 5.75 Å². The Kier molecular flexibility index (Phi) is 6.04. The summed E-state index contributed by atoms with van der Waals surface area (Å²) in [5, 5.41) is 7.49. The number of hydrogen-bond acceptors (Lipinski definition) is 4. The molecule has 0 atom stereocenters. The van der Waals surface area contributed by atoms with Crippen LogP contribution in [0, 0.1) is 5.92 Å². The lowest BCUT2D eigenvalue weighted by Crippen LogP contribution is -2.38. The summed E-state index contributed by atoms with van der Waals surface area (Å²) in [6.07, 6.45) is 5.52. The second kappa shape index (κ2) is 8.02. The standard InChI is InChI=1S/C15H22N2O3S/c1-20-12-9-13(21-10-12)15(19)17-8-7-16-14(18)11-5-3-2-4-6-11/h9-11H,2-8H2,1H3,(H,16,18)(H,17,19). The van der Waals surface area contributed by atoms with E-state index in [1.807, 2.05) is 0 Å². The Balaban J connectivity index is 1.64. The minimum atomic E-state index is -0.129. The number of hydrogen-bond donors (Lipinski definition) is 2. The molecule has 5 nitrogen and oxygen atoms in total. The monoisotopic (exact) mass is 310 g/mol. The van der Waals surface area contributed by atoms with Crippen molar-refractivity contribution in [3.05, 3.63) is 16.3 Å². The van der Waals surface area contributed by atoms with Crippen LogP contribution < -0.4 is 15.4 Å². The average Bonchev–Trinajstić information content (AvgIpc) is 3.01. The van der Waals surface area contributed by atoms with Gasteiger partial charge in [-0.05, 0) is 12.8 Å². The Morgan fingerprint density at radius 1 is 1.24 bits per heavy atom. The lowest BCUT2D eigenvalue weighted by Gasteiger charge is -2.20. The van der Waals surface area contributed by atoms with E-state index in [4.69, 9.17) is 4.74 Å². The van der Waals surface area contributed by atoms with Gasteiger partial charge in [-0.3, -0.25) is 9.59 Å². The minimum absolute atomic E-state index is 0.127. The van der Waals surface area contributed by atoms with Crippen LogP contribution in [-0.4, -0.2) is 32.0 Å². The Morgan fingerprint density at radius 2 is 1.95 bits per heavy atom. The van der Waals surface area contributed by atoms with Gasteiger partial charge >= 0.3 is 0 Å². The van der Waals surface area contributed by atoms with Gasteiger partial charge in [0.2, 0.25) is 5.91 Å². The molecule has 0 unspecified atom stereocenters. The van der Waals surface area contributed by atoms with Crippen LogP contribution in [0.2, 0.25) is 0 Å². The Hall–Kier alpha value is -1.56. The number of ether oxygens (including phenoxy) is 1. The quantitative estimate of drug-likeness (QED) is 0.791. The number of nitrogens with one attached hydrogen (secondary N) is 2. The molecule has 2 amide bonds. The average molecular weight is 310 g/mol. The smallest absolute Gasteiger partial charge is 0.261 e. The van der Waals surface area contributed by atoms with Gasteiger partial charge in [0.25, 0.3) is 5.91 Å². The van der Waals surface area contributed by atoms with E-state index in [-0.39, 0.29) is 17.7 Å². The number of rotatable bonds is 6. The fourth-order valence-corrected chi connectivity index (χ4v) is 3.27. The molecule has 6 heteroatoms. The molecule has 0 radical (unpaired) electrons. The van der Waals surface area contributed by atoms with E-state index < -0.39 is 0 Å². The molecular formula is C15H22N2O3S. The van der Waals surface area contributed by atoms with E-state index in [0.717, 1.165) is 25.7 Å².